The van der Waals surface area contributed by atoms with Gasteiger partial charge in [-0.25, -0.2) is 0 Å². The van der Waals surface area contributed by atoms with Crippen molar-refractivity contribution in [2.24, 2.45) is 0 Å². The molecule has 0 radical (unpaired) electrons. The third kappa shape index (κ3) is 2.05. The topological polar surface area (TPSA) is 51.2 Å². The molecule has 0 bridgehead atoms. The van der Waals surface area contributed by atoms with Crippen LogP contribution < -0.4 is 10.1 Å². The van der Waals surface area contributed by atoms with Crippen molar-refractivity contribution in [2.45, 2.75) is 12.5 Å². The molecule has 1 amide bonds. The van der Waals surface area contributed by atoms with E-state index < -0.39 is 6.10 Å². The Morgan fingerprint density at radius 3 is 2.78 bits per heavy atom. The highest BCUT2D eigenvalue weighted by Crippen LogP contribution is 2.28. The summed E-state index contributed by atoms with van der Waals surface area (Å²) in [4.78, 5) is 15.9. The van der Waals surface area contributed by atoms with Gasteiger partial charge in [0.1, 0.15) is 5.75 Å². The fraction of sp³-hybridized carbons (Fsp3) is 0.143. The van der Waals surface area contributed by atoms with E-state index in [4.69, 9.17) is 4.74 Å². The molecule has 1 aromatic carbocycles. The molecule has 18 heavy (non-hydrogen) atoms. The molecule has 1 atom stereocenters. The number of ether oxygens (including phenoxy) is 1. The van der Waals surface area contributed by atoms with Gasteiger partial charge in [-0.15, -0.1) is 0 Å². The van der Waals surface area contributed by atoms with Crippen LogP contribution in [0.3, 0.4) is 0 Å². The van der Waals surface area contributed by atoms with Crippen LogP contribution in [0.25, 0.3) is 0 Å². The van der Waals surface area contributed by atoms with Crippen molar-refractivity contribution in [1.82, 2.24) is 4.98 Å². The first-order chi connectivity index (χ1) is 8.83. The van der Waals surface area contributed by atoms with Gasteiger partial charge >= 0.3 is 0 Å². The molecule has 0 aliphatic carbocycles. The van der Waals surface area contributed by atoms with Crippen molar-refractivity contribution in [2.75, 3.05) is 5.32 Å². The van der Waals surface area contributed by atoms with E-state index >= 15 is 0 Å². The zero-order chi connectivity index (χ0) is 12.4. The maximum absolute atomic E-state index is 12.0. The summed E-state index contributed by atoms with van der Waals surface area (Å²) < 4.78 is 5.61. The van der Waals surface area contributed by atoms with Crippen LogP contribution >= 0.6 is 0 Å². The van der Waals surface area contributed by atoms with Crippen LogP contribution in [0.5, 0.6) is 5.75 Å². The molecular weight excluding hydrogens is 228 g/mol. The lowest BCUT2D eigenvalue weighted by molar-refractivity contribution is -0.122. The second-order valence-corrected chi connectivity index (χ2v) is 4.14. The maximum Gasteiger partial charge on any atom is 0.265 e. The average Bonchev–Trinajstić information content (AvgIpc) is 2.84. The van der Waals surface area contributed by atoms with Crippen LogP contribution in [-0.4, -0.2) is 17.0 Å². The third-order valence-electron chi connectivity index (χ3n) is 2.89. The van der Waals surface area contributed by atoms with E-state index in [1.54, 1.807) is 24.5 Å². The number of anilines is 1. The molecule has 2 aromatic rings. The second kappa shape index (κ2) is 4.49. The molecule has 4 nitrogen and oxygen atoms in total. The van der Waals surface area contributed by atoms with E-state index in [-0.39, 0.29) is 5.91 Å². The first-order valence-electron chi connectivity index (χ1n) is 5.78. The molecule has 1 aliphatic rings. The van der Waals surface area contributed by atoms with Gasteiger partial charge in [-0.2, -0.15) is 0 Å². The van der Waals surface area contributed by atoms with Gasteiger partial charge in [-0.1, -0.05) is 18.2 Å². The second-order valence-electron chi connectivity index (χ2n) is 4.14. The fourth-order valence-corrected chi connectivity index (χ4v) is 1.99. The molecule has 1 aliphatic heterocycles. The van der Waals surface area contributed by atoms with Gasteiger partial charge in [0.2, 0.25) is 0 Å². The highest BCUT2D eigenvalue weighted by molar-refractivity contribution is 5.95. The minimum atomic E-state index is -0.449. The number of para-hydroxylation sites is 1. The summed E-state index contributed by atoms with van der Waals surface area (Å²) in [6, 6.07) is 11.2. The number of amides is 1. The molecule has 90 valence electrons. The summed E-state index contributed by atoms with van der Waals surface area (Å²) in [5.74, 6) is 0.671. The van der Waals surface area contributed by atoms with E-state index in [2.05, 4.69) is 10.3 Å². The van der Waals surface area contributed by atoms with Gasteiger partial charge in [-0.3, -0.25) is 9.78 Å². The van der Waals surface area contributed by atoms with Crippen LogP contribution in [-0.2, 0) is 11.2 Å². The Balaban J connectivity index is 1.70. The lowest BCUT2D eigenvalue weighted by Crippen LogP contribution is -2.31. The summed E-state index contributed by atoms with van der Waals surface area (Å²) in [5, 5.41) is 2.81. The quantitative estimate of drug-likeness (QED) is 0.873. The van der Waals surface area contributed by atoms with Crippen molar-refractivity contribution >= 4 is 11.6 Å². The minimum absolute atomic E-state index is 0.127. The van der Waals surface area contributed by atoms with Crippen molar-refractivity contribution in [3.05, 3.63) is 54.4 Å². The number of pyridine rings is 1. The molecule has 0 spiro atoms. The molecule has 0 fully saturated rings. The number of carbonyl (C=O) groups is 1. The molecular formula is C14H12N2O2. The standard InChI is InChI=1S/C14H12N2O2/c17-14(16-11-5-7-15-8-6-11)13-9-10-3-1-2-4-12(10)18-13/h1-8,13H,9H2,(H,15,16,17). The van der Waals surface area contributed by atoms with Crippen molar-refractivity contribution < 1.29 is 9.53 Å². The van der Waals surface area contributed by atoms with E-state index in [9.17, 15) is 4.79 Å². The number of nitrogens with zero attached hydrogens (tertiary/aromatic N) is 1. The summed E-state index contributed by atoms with van der Waals surface area (Å²) >= 11 is 0. The number of hydrogen-bond donors (Lipinski definition) is 1. The smallest absolute Gasteiger partial charge is 0.265 e. The Labute approximate surface area is 105 Å². The summed E-state index contributed by atoms with van der Waals surface area (Å²) in [6.07, 6.45) is 3.45. The maximum atomic E-state index is 12.0. The van der Waals surface area contributed by atoms with Crippen LogP contribution in [0, 0.1) is 0 Å². The normalized spacial score (nSPS) is 16.8. The Morgan fingerprint density at radius 1 is 1.22 bits per heavy atom. The first-order valence-corrected chi connectivity index (χ1v) is 5.78. The zero-order valence-electron chi connectivity index (χ0n) is 9.67. The largest absolute Gasteiger partial charge is 0.480 e. The molecule has 3 rings (SSSR count). The van der Waals surface area contributed by atoms with Gasteiger partial charge in [0.15, 0.2) is 6.10 Å². The Morgan fingerprint density at radius 2 is 2.00 bits per heavy atom. The van der Waals surface area contributed by atoms with Crippen LogP contribution in [0.1, 0.15) is 5.56 Å². The number of aromatic nitrogens is 1. The monoisotopic (exact) mass is 240 g/mol. The number of fused-ring (bicyclic) bond motifs is 1. The van der Waals surface area contributed by atoms with Crippen molar-refractivity contribution in [3.8, 4) is 5.75 Å². The summed E-state index contributed by atoms with van der Waals surface area (Å²) in [7, 11) is 0. The summed E-state index contributed by atoms with van der Waals surface area (Å²) in [5.41, 5.74) is 1.81. The van der Waals surface area contributed by atoms with Gasteiger partial charge in [-0.05, 0) is 23.8 Å². The molecule has 1 unspecified atom stereocenters. The predicted octanol–water partition coefficient (Wildman–Crippen LogP) is 2.02. The predicted molar refractivity (Wildman–Crippen MR) is 67.4 cm³/mol. The molecule has 2 heterocycles. The average molecular weight is 240 g/mol. The van der Waals surface area contributed by atoms with Gasteiger partial charge in [0.05, 0.1) is 0 Å². The molecule has 1 aromatic heterocycles. The highest BCUT2D eigenvalue weighted by atomic mass is 16.5. The molecule has 1 N–H and O–H groups in total. The summed E-state index contributed by atoms with van der Waals surface area (Å²) in [6.45, 7) is 0. The Kier molecular flexibility index (Phi) is 2.68. The van der Waals surface area contributed by atoms with E-state index in [0.717, 1.165) is 17.0 Å². The number of nitrogens with one attached hydrogen (secondary N) is 1. The van der Waals surface area contributed by atoms with Crippen molar-refractivity contribution in [3.63, 3.8) is 0 Å². The third-order valence-corrected chi connectivity index (χ3v) is 2.89. The van der Waals surface area contributed by atoms with Gasteiger partial charge in [0, 0.05) is 24.5 Å². The van der Waals surface area contributed by atoms with Crippen LogP contribution in [0.4, 0.5) is 5.69 Å². The number of carbonyl (C=O) groups excluding carboxylic acids is 1. The lowest BCUT2D eigenvalue weighted by Gasteiger charge is -2.10. The molecule has 0 saturated heterocycles. The minimum Gasteiger partial charge on any atom is -0.480 e. The Hall–Kier alpha value is -2.36. The van der Waals surface area contributed by atoms with Gasteiger partial charge < -0.3 is 10.1 Å². The highest BCUT2D eigenvalue weighted by Gasteiger charge is 2.28. The SMILES string of the molecule is O=C(Nc1ccncc1)C1Cc2ccccc2O1. The number of rotatable bonds is 2. The van der Waals surface area contributed by atoms with E-state index in [1.165, 1.54) is 0 Å². The van der Waals surface area contributed by atoms with Crippen molar-refractivity contribution in [1.29, 1.82) is 0 Å². The zero-order valence-corrected chi connectivity index (χ0v) is 9.67. The van der Waals surface area contributed by atoms with E-state index in [1.807, 2.05) is 24.3 Å². The fourth-order valence-electron chi connectivity index (χ4n) is 1.99. The van der Waals surface area contributed by atoms with Gasteiger partial charge in [0.25, 0.3) is 5.91 Å². The van der Waals surface area contributed by atoms with E-state index in [0.29, 0.717) is 6.42 Å². The lowest BCUT2D eigenvalue weighted by atomic mass is 10.1. The molecule has 0 saturated carbocycles. The van der Waals surface area contributed by atoms with Crippen LogP contribution in [0.2, 0.25) is 0 Å². The Bertz CT molecular complexity index is 544. The number of benzene rings is 1. The number of hydrogen-bond acceptors (Lipinski definition) is 3. The van der Waals surface area contributed by atoms with Crippen LogP contribution in [0.15, 0.2) is 48.8 Å². The molecule has 4 heteroatoms. The first kappa shape index (κ1) is 10.8.